The SMILES string of the molecule is CCCCCCCCCCCCCC[N+](C)(C)C.C[O-]. The molecule has 0 unspecified atom stereocenters. The molecule has 0 radical (unpaired) electrons. The molecular weight excluding hydrogens is 246 g/mol. The van der Waals surface area contributed by atoms with Gasteiger partial charge >= 0.3 is 0 Å². The van der Waals surface area contributed by atoms with E-state index in [1.165, 1.54) is 83.6 Å². The van der Waals surface area contributed by atoms with E-state index >= 15 is 0 Å². The number of quaternary nitrogens is 1. The zero-order valence-corrected chi connectivity index (χ0v) is 15.0. The van der Waals surface area contributed by atoms with Gasteiger partial charge in [-0.15, -0.1) is 0 Å². The van der Waals surface area contributed by atoms with Crippen LogP contribution in [0.25, 0.3) is 0 Å². The molecule has 0 fully saturated rings. The highest BCUT2D eigenvalue weighted by molar-refractivity contribution is 4.48. The zero-order valence-electron chi connectivity index (χ0n) is 15.0. The summed E-state index contributed by atoms with van der Waals surface area (Å²) in [6.07, 6.45) is 17.4. The summed E-state index contributed by atoms with van der Waals surface area (Å²) in [7, 11) is 7.62. The lowest BCUT2D eigenvalue weighted by Crippen LogP contribution is -2.35. The molecule has 0 aliphatic heterocycles. The standard InChI is InChI=1S/C17H38N.CH3O/c1-5-6-7-8-9-10-11-12-13-14-15-16-17-18(2,3)4;1-2/h5-17H2,1-4H3;1H3/q+1;-1. The van der Waals surface area contributed by atoms with E-state index in [2.05, 4.69) is 28.1 Å². The van der Waals surface area contributed by atoms with E-state index in [0.29, 0.717) is 0 Å². The Morgan fingerprint density at radius 1 is 0.550 bits per heavy atom. The van der Waals surface area contributed by atoms with Gasteiger partial charge in [-0.1, -0.05) is 71.1 Å². The largest absolute Gasteiger partial charge is 0.857 e. The Kier molecular flexibility index (Phi) is 18.8. The minimum atomic E-state index is 0.750. The summed E-state index contributed by atoms with van der Waals surface area (Å²) in [5.74, 6) is 0. The molecule has 0 heterocycles. The summed E-state index contributed by atoms with van der Waals surface area (Å²) in [4.78, 5) is 0. The van der Waals surface area contributed by atoms with Crippen LogP contribution in [0.5, 0.6) is 0 Å². The van der Waals surface area contributed by atoms with Crippen molar-refractivity contribution in [2.45, 2.75) is 84.0 Å². The topological polar surface area (TPSA) is 23.1 Å². The quantitative estimate of drug-likeness (QED) is 0.364. The summed E-state index contributed by atoms with van der Waals surface area (Å²) in [6, 6.07) is 0. The van der Waals surface area contributed by atoms with Gasteiger partial charge in [-0.3, -0.25) is 0 Å². The van der Waals surface area contributed by atoms with Crippen LogP contribution >= 0.6 is 0 Å². The van der Waals surface area contributed by atoms with Crippen molar-refractivity contribution in [1.29, 1.82) is 0 Å². The Balaban J connectivity index is 0. The maximum absolute atomic E-state index is 8.25. The Labute approximate surface area is 129 Å². The van der Waals surface area contributed by atoms with Crippen LogP contribution in [0.2, 0.25) is 0 Å². The molecule has 0 aliphatic rings. The molecule has 0 bridgehead atoms. The molecule has 0 rings (SSSR count). The molecule has 0 saturated heterocycles. The zero-order chi connectivity index (χ0) is 15.7. The van der Waals surface area contributed by atoms with Gasteiger partial charge in [0.1, 0.15) is 0 Å². The van der Waals surface area contributed by atoms with Gasteiger partial charge < -0.3 is 9.59 Å². The molecule has 124 valence electrons. The number of rotatable bonds is 13. The molecule has 0 aromatic carbocycles. The monoisotopic (exact) mass is 287 g/mol. The van der Waals surface area contributed by atoms with Crippen molar-refractivity contribution < 1.29 is 9.59 Å². The molecule has 20 heavy (non-hydrogen) atoms. The van der Waals surface area contributed by atoms with E-state index in [-0.39, 0.29) is 0 Å². The van der Waals surface area contributed by atoms with Crippen molar-refractivity contribution in [3.63, 3.8) is 0 Å². The average molecular weight is 288 g/mol. The van der Waals surface area contributed by atoms with Crippen molar-refractivity contribution in [3.8, 4) is 0 Å². The summed E-state index contributed by atoms with van der Waals surface area (Å²) in [5, 5.41) is 8.25. The van der Waals surface area contributed by atoms with Gasteiger partial charge in [-0.2, -0.15) is 7.11 Å². The van der Waals surface area contributed by atoms with Crippen LogP contribution in [-0.4, -0.2) is 39.3 Å². The van der Waals surface area contributed by atoms with Crippen LogP contribution in [0.1, 0.15) is 84.0 Å². The van der Waals surface area contributed by atoms with Gasteiger partial charge in [0.05, 0.1) is 27.7 Å². The Hall–Kier alpha value is -0.0800. The van der Waals surface area contributed by atoms with Crippen molar-refractivity contribution in [2.75, 3.05) is 34.8 Å². The van der Waals surface area contributed by atoms with Crippen molar-refractivity contribution in [2.24, 2.45) is 0 Å². The van der Waals surface area contributed by atoms with Gasteiger partial charge in [-0.25, -0.2) is 0 Å². The summed E-state index contributed by atoms with van der Waals surface area (Å²) in [6.45, 7) is 3.62. The normalized spacial score (nSPS) is 11.1. The second-order valence-corrected chi connectivity index (χ2v) is 6.90. The third-order valence-corrected chi connectivity index (χ3v) is 3.68. The summed E-state index contributed by atoms with van der Waals surface area (Å²) in [5.41, 5.74) is 0. The second kappa shape index (κ2) is 17.0. The predicted molar refractivity (Wildman–Crippen MR) is 89.9 cm³/mol. The van der Waals surface area contributed by atoms with E-state index in [9.17, 15) is 0 Å². The van der Waals surface area contributed by atoms with E-state index in [4.69, 9.17) is 5.11 Å². The van der Waals surface area contributed by atoms with E-state index < -0.39 is 0 Å². The summed E-state index contributed by atoms with van der Waals surface area (Å²) < 4.78 is 1.12. The first-order valence-electron chi connectivity index (χ1n) is 8.77. The second-order valence-electron chi connectivity index (χ2n) is 6.90. The fraction of sp³-hybridized carbons (Fsp3) is 1.00. The highest BCUT2D eigenvalue weighted by atomic mass is 16.2. The first kappa shape index (κ1) is 22.2. The molecule has 0 amide bonds. The summed E-state index contributed by atoms with van der Waals surface area (Å²) >= 11 is 0. The van der Waals surface area contributed by atoms with Crippen molar-refractivity contribution in [1.82, 2.24) is 0 Å². The lowest BCUT2D eigenvalue weighted by molar-refractivity contribution is -0.870. The van der Waals surface area contributed by atoms with E-state index in [1.807, 2.05) is 0 Å². The number of unbranched alkanes of at least 4 members (excludes halogenated alkanes) is 11. The lowest BCUT2D eigenvalue weighted by Gasteiger charge is -2.23. The van der Waals surface area contributed by atoms with Gasteiger partial charge in [0.2, 0.25) is 0 Å². The molecule has 0 aromatic heterocycles. The third-order valence-electron chi connectivity index (χ3n) is 3.68. The van der Waals surface area contributed by atoms with Gasteiger partial charge in [0.25, 0.3) is 0 Å². The van der Waals surface area contributed by atoms with Crippen LogP contribution in [0, 0.1) is 0 Å². The lowest BCUT2D eigenvalue weighted by atomic mass is 10.1. The molecule has 2 nitrogen and oxygen atoms in total. The van der Waals surface area contributed by atoms with E-state index in [0.717, 1.165) is 11.6 Å². The molecular formula is C18H41NO. The molecule has 0 saturated carbocycles. The number of nitrogens with zero attached hydrogens (tertiary/aromatic N) is 1. The molecule has 0 spiro atoms. The third kappa shape index (κ3) is 23.0. The fourth-order valence-electron chi connectivity index (χ4n) is 2.43. The minimum absolute atomic E-state index is 0.750. The van der Waals surface area contributed by atoms with Crippen LogP contribution in [0.15, 0.2) is 0 Å². The Morgan fingerprint density at radius 2 is 0.850 bits per heavy atom. The van der Waals surface area contributed by atoms with Crippen molar-refractivity contribution in [3.05, 3.63) is 0 Å². The maximum atomic E-state index is 8.25. The molecule has 2 heteroatoms. The van der Waals surface area contributed by atoms with Gasteiger partial charge in [0.15, 0.2) is 0 Å². The van der Waals surface area contributed by atoms with Crippen LogP contribution in [0.4, 0.5) is 0 Å². The number of hydrogen-bond donors (Lipinski definition) is 0. The highest BCUT2D eigenvalue weighted by Crippen LogP contribution is 2.12. The van der Waals surface area contributed by atoms with E-state index in [1.54, 1.807) is 0 Å². The fourth-order valence-corrected chi connectivity index (χ4v) is 2.43. The Morgan fingerprint density at radius 3 is 1.15 bits per heavy atom. The smallest absolute Gasteiger partial charge is 0.0780 e. The van der Waals surface area contributed by atoms with Crippen molar-refractivity contribution >= 4 is 0 Å². The molecule has 0 atom stereocenters. The Bertz CT molecular complexity index is 163. The molecule has 0 aliphatic carbocycles. The first-order chi connectivity index (χ1) is 9.56. The minimum Gasteiger partial charge on any atom is -0.857 e. The van der Waals surface area contributed by atoms with Crippen LogP contribution in [-0.2, 0) is 0 Å². The highest BCUT2D eigenvalue weighted by Gasteiger charge is 2.04. The number of hydrogen-bond acceptors (Lipinski definition) is 1. The first-order valence-corrected chi connectivity index (χ1v) is 8.77. The predicted octanol–water partition coefficient (Wildman–Crippen LogP) is 4.37. The van der Waals surface area contributed by atoms with Gasteiger partial charge in [-0.05, 0) is 12.8 Å². The molecule has 0 N–H and O–H groups in total. The molecule has 0 aromatic rings. The maximum Gasteiger partial charge on any atom is 0.0780 e. The average Bonchev–Trinajstić information content (AvgIpc) is 2.41. The van der Waals surface area contributed by atoms with Gasteiger partial charge in [0, 0.05) is 0 Å². The van der Waals surface area contributed by atoms with Crippen LogP contribution < -0.4 is 5.11 Å². The van der Waals surface area contributed by atoms with Crippen LogP contribution in [0.3, 0.4) is 0 Å².